The first-order chi connectivity index (χ1) is 8.35. The highest BCUT2D eigenvalue weighted by Crippen LogP contribution is 2.35. The molecular formula is C13H19NO4. The molecule has 1 aromatic carbocycles. The molecule has 0 unspecified atom stereocenters. The van der Waals surface area contributed by atoms with Gasteiger partial charge in [0.15, 0.2) is 5.75 Å². The molecule has 0 aromatic heterocycles. The third-order valence-corrected chi connectivity index (χ3v) is 2.68. The van der Waals surface area contributed by atoms with Crippen molar-refractivity contribution in [2.45, 2.75) is 26.2 Å². The number of esters is 1. The molecule has 0 fully saturated rings. The quantitative estimate of drug-likeness (QED) is 0.640. The predicted molar refractivity (Wildman–Crippen MR) is 68.4 cm³/mol. The first-order valence-corrected chi connectivity index (χ1v) is 5.56. The van der Waals surface area contributed by atoms with Gasteiger partial charge in [-0.15, -0.1) is 0 Å². The number of rotatable bonds is 3. The first kappa shape index (κ1) is 14.3. The van der Waals surface area contributed by atoms with E-state index in [-0.39, 0.29) is 16.7 Å². The number of methoxy groups -OCH3 is 2. The maximum absolute atomic E-state index is 11.7. The lowest BCUT2D eigenvalue weighted by atomic mass is 9.85. The van der Waals surface area contributed by atoms with Gasteiger partial charge in [-0.25, -0.2) is 4.79 Å². The van der Waals surface area contributed by atoms with Crippen LogP contribution in [0.25, 0.3) is 0 Å². The van der Waals surface area contributed by atoms with Crippen LogP contribution in [0.15, 0.2) is 12.1 Å². The number of benzene rings is 1. The zero-order chi connectivity index (χ0) is 13.9. The molecule has 100 valence electrons. The summed E-state index contributed by atoms with van der Waals surface area (Å²) in [6, 6.07) is 3.46. The molecule has 0 amide bonds. The van der Waals surface area contributed by atoms with Crippen molar-refractivity contribution in [2.75, 3.05) is 19.7 Å². The fourth-order valence-corrected chi connectivity index (χ4v) is 1.63. The van der Waals surface area contributed by atoms with E-state index in [1.165, 1.54) is 14.2 Å². The highest BCUT2D eigenvalue weighted by molar-refractivity contribution is 5.95. The molecule has 1 aromatic rings. The van der Waals surface area contributed by atoms with E-state index in [2.05, 4.69) is 0 Å². The lowest BCUT2D eigenvalue weighted by Crippen LogP contribution is -2.15. The average Bonchev–Trinajstić information content (AvgIpc) is 2.34. The maximum Gasteiger partial charge on any atom is 0.341 e. The van der Waals surface area contributed by atoms with Crippen molar-refractivity contribution in [3.63, 3.8) is 0 Å². The Morgan fingerprint density at radius 1 is 1.28 bits per heavy atom. The van der Waals surface area contributed by atoms with Crippen LogP contribution in [0.3, 0.4) is 0 Å². The minimum Gasteiger partial charge on any atom is -0.494 e. The van der Waals surface area contributed by atoms with Crippen molar-refractivity contribution >= 4 is 11.7 Å². The Morgan fingerprint density at radius 2 is 1.89 bits per heavy atom. The van der Waals surface area contributed by atoms with Gasteiger partial charge in [0, 0.05) is 0 Å². The number of nitrogens with one attached hydrogen (secondary N) is 1. The first-order valence-electron chi connectivity index (χ1n) is 5.56. The van der Waals surface area contributed by atoms with Crippen LogP contribution in [0.4, 0.5) is 5.69 Å². The van der Waals surface area contributed by atoms with Crippen LogP contribution in [0, 0.1) is 0 Å². The lowest BCUT2D eigenvalue weighted by molar-refractivity contribution is 0.0597. The molecule has 0 saturated heterocycles. The molecule has 5 nitrogen and oxygen atoms in total. The fourth-order valence-electron chi connectivity index (χ4n) is 1.63. The minimum atomic E-state index is -0.505. The van der Waals surface area contributed by atoms with Crippen molar-refractivity contribution in [2.24, 2.45) is 0 Å². The summed E-state index contributed by atoms with van der Waals surface area (Å²) >= 11 is 0. The summed E-state index contributed by atoms with van der Waals surface area (Å²) in [5.74, 6) is -0.244. The summed E-state index contributed by atoms with van der Waals surface area (Å²) < 4.78 is 9.85. The number of ether oxygens (including phenoxy) is 2. The van der Waals surface area contributed by atoms with E-state index in [0.717, 1.165) is 5.56 Å². The van der Waals surface area contributed by atoms with Crippen LogP contribution in [0.2, 0.25) is 0 Å². The zero-order valence-electron chi connectivity index (χ0n) is 11.3. The van der Waals surface area contributed by atoms with E-state index >= 15 is 0 Å². The standard InChI is InChI=1S/C13H19NO4/c1-13(2,3)8-6-9(12(15)18-5)11(17-4)10(7-8)14-16/h6-7,14,16H,1-5H3. The summed E-state index contributed by atoms with van der Waals surface area (Å²) in [5, 5.41) is 9.14. The molecule has 0 saturated carbocycles. The Morgan fingerprint density at radius 3 is 2.28 bits per heavy atom. The van der Waals surface area contributed by atoms with E-state index in [0.29, 0.717) is 5.69 Å². The van der Waals surface area contributed by atoms with E-state index in [9.17, 15) is 4.79 Å². The molecule has 0 atom stereocenters. The van der Waals surface area contributed by atoms with Gasteiger partial charge in [0.2, 0.25) is 0 Å². The Kier molecular flexibility index (Phi) is 4.19. The van der Waals surface area contributed by atoms with Crippen LogP contribution in [0.5, 0.6) is 5.75 Å². The van der Waals surface area contributed by atoms with Gasteiger partial charge in [0.1, 0.15) is 11.3 Å². The van der Waals surface area contributed by atoms with Crippen LogP contribution in [0.1, 0.15) is 36.7 Å². The molecule has 0 heterocycles. The number of carbonyl (C=O) groups is 1. The van der Waals surface area contributed by atoms with E-state index < -0.39 is 5.97 Å². The summed E-state index contributed by atoms with van der Waals surface area (Å²) in [7, 11) is 2.73. The van der Waals surface area contributed by atoms with Crippen molar-refractivity contribution in [1.82, 2.24) is 0 Å². The Bertz CT molecular complexity index is 449. The summed E-state index contributed by atoms with van der Waals surface area (Å²) in [5.41, 5.74) is 3.39. The number of hydrogen-bond acceptors (Lipinski definition) is 5. The molecule has 0 radical (unpaired) electrons. The maximum atomic E-state index is 11.7. The van der Waals surface area contributed by atoms with Crippen LogP contribution in [-0.4, -0.2) is 25.4 Å². The van der Waals surface area contributed by atoms with Gasteiger partial charge in [0.05, 0.1) is 14.2 Å². The molecule has 18 heavy (non-hydrogen) atoms. The van der Waals surface area contributed by atoms with E-state index in [1.54, 1.807) is 12.1 Å². The summed E-state index contributed by atoms with van der Waals surface area (Å²) in [6.45, 7) is 6.03. The van der Waals surface area contributed by atoms with E-state index in [1.807, 2.05) is 26.3 Å². The predicted octanol–water partition coefficient (Wildman–Crippen LogP) is 2.58. The fraction of sp³-hybridized carbons (Fsp3) is 0.462. The molecule has 0 aliphatic rings. The molecule has 5 heteroatoms. The Labute approximate surface area is 107 Å². The second-order valence-electron chi connectivity index (χ2n) is 4.96. The van der Waals surface area contributed by atoms with Crippen molar-refractivity contribution in [3.05, 3.63) is 23.3 Å². The van der Waals surface area contributed by atoms with Crippen molar-refractivity contribution in [3.8, 4) is 5.75 Å². The van der Waals surface area contributed by atoms with Crippen molar-refractivity contribution in [1.29, 1.82) is 0 Å². The van der Waals surface area contributed by atoms with Gasteiger partial charge in [-0.2, -0.15) is 0 Å². The normalized spacial score (nSPS) is 11.0. The molecule has 0 aliphatic heterocycles. The number of hydrogen-bond donors (Lipinski definition) is 2. The number of anilines is 1. The van der Waals surface area contributed by atoms with Gasteiger partial charge in [0.25, 0.3) is 0 Å². The van der Waals surface area contributed by atoms with Crippen molar-refractivity contribution < 1.29 is 19.5 Å². The molecule has 2 N–H and O–H groups in total. The van der Waals surface area contributed by atoms with Crippen LogP contribution in [-0.2, 0) is 10.2 Å². The van der Waals surface area contributed by atoms with Gasteiger partial charge >= 0.3 is 5.97 Å². The molecule has 0 aliphatic carbocycles. The third kappa shape index (κ3) is 2.73. The molecular weight excluding hydrogens is 234 g/mol. The van der Waals surface area contributed by atoms with Crippen LogP contribution >= 0.6 is 0 Å². The SMILES string of the molecule is COC(=O)c1cc(C(C)(C)C)cc(NO)c1OC. The van der Waals surface area contributed by atoms with Gasteiger partial charge in [-0.05, 0) is 23.1 Å². The number of carbonyl (C=O) groups excluding carboxylic acids is 1. The summed E-state index contributed by atoms with van der Waals surface area (Å²) in [6.07, 6.45) is 0. The highest BCUT2D eigenvalue weighted by Gasteiger charge is 2.23. The second-order valence-corrected chi connectivity index (χ2v) is 4.96. The minimum absolute atomic E-state index is 0.166. The topological polar surface area (TPSA) is 67.8 Å². The Balaban J connectivity index is 3.50. The van der Waals surface area contributed by atoms with Gasteiger partial charge in [-0.3, -0.25) is 10.7 Å². The lowest BCUT2D eigenvalue weighted by Gasteiger charge is -2.22. The third-order valence-electron chi connectivity index (χ3n) is 2.68. The monoisotopic (exact) mass is 253 g/mol. The summed E-state index contributed by atoms with van der Waals surface area (Å²) in [4.78, 5) is 11.7. The molecule has 0 spiro atoms. The average molecular weight is 253 g/mol. The van der Waals surface area contributed by atoms with E-state index in [4.69, 9.17) is 14.7 Å². The van der Waals surface area contributed by atoms with Gasteiger partial charge in [-0.1, -0.05) is 20.8 Å². The zero-order valence-corrected chi connectivity index (χ0v) is 11.3. The van der Waals surface area contributed by atoms with Crippen LogP contribution < -0.4 is 10.2 Å². The highest BCUT2D eigenvalue weighted by atomic mass is 16.5. The molecule has 0 bridgehead atoms. The molecule has 1 rings (SSSR count). The Hall–Kier alpha value is -1.75. The smallest absolute Gasteiger partial charge is 0.341 e. The largest absolute Gasteiger partial charge is 0.494 e. The second kappa shape index (κ2) is 5.27. The van der Waals surface area contributed by atoms with Gasteiger partial charge < -0.3 is 9.47 Å².